The molecule has 0 bridgehead atoms. The molecule has 2 heteroatoms. The van der Waals surface area contributed by atoms with Crippen LogP contribution in [0.15, 0.2) is 55.1 Å². The fourth-order valence-corrected chi connectivity index (χ4v) is 3.01. The van der Waals surface area contributed by atoms with E-state index in [2.05, 4.69) is 30.9 Å². The summed E-state index contributed by atoms with van der Waals surface area (Å²) >= 11 is 0. The molecule has 0 aliphatic heterocycles. The lowest BCUT2D eigenvalue weighted by molar-refractivity contribution is 1.28. The summed E-state index contributed by atoms with van der Waals surface area (Å²) in [4.78, 5) is 9.67. The van der Waals surface area contributed by atoms with Crippen LogP contribution in [0.5, 0.6) is 0 Å². The summed E-state index contributed by atoms with van der Waals surface area (Å²) in [7, 11) is 0. The van der Waals surface area contributed by atoms with Crippen LogP contribution < -0.4 is 0 Å². The Balaban J connectivity index is 2.14. The lowest BCUT2D eigenvalue weighted by Crippen LogP contribution is -1.91. The van der Waals surface area contributed by atoms with Crippen LogP contribution >= 0.6 is 0 Å². The van der Waals surface area contributed by atoms with E-state index in [9.17, 15) is 0 Å². The van der Waals surface area contributed by atoms with Gasteiger partial charge in [0.15, 0.2) is 0 Å². The first-order valence-corrected chi connectivity index (χ1v) is 7.03. The lowest BCUT2D eigenvalue weighted by atomic mass is 9.99. The maximum Gasteiger partial charge on any atom is 0.0979 e. The van der Waals surface area contributed by atoms with Crippen LogP contribution in [-0.4, -0.2) is 9.97 Å². The number of para-hydroxylation sites is 2. The summed E-state index contributed by atoms with van der Waals surface area (Å²) in [5.74, 6) is 0. The van der Waals surface area contributed by atoms with Crippen LogP contribution in [0.1, 0.15) is 23.7 Å². The fourth-order valence-electron chi connectivity index (χ4n) is 3.01. The Morgan fingerprint density at radius 1 is 0.905 bits per heavy atom. The quantitative estimate of drug-likeness (QED) is 0.501. The van der Waals surface area contributed by atoms with Crippen molar-refractivity contribution in [3.05, 3.63) is 71.9 Å². The Hall–Kier alpha value is -2.74. The minimum Gasteiger partial charge on any atom is -0.244 e. The van der Waals surface area contributed by atoms with Crippen LogP contribution in [0.4, 0.5) is 0 Å². The highest BCUT2D eigenvalue weighted by Gasteiger charge is 2.27. The molecule has 1 aliphatic rings. The van der Waals surface area contributed by atoms with Crippen molar-refractivity contribution < 1.29 is 0 Å². The van der Waals surface area contributed by atoms with E-state index in [0.717, 1.165) is 39.1 Å². The predicted molar refractivity (Wildman–Crippen MR) is 87.8 cm³/mol. The molecule has 0 saturated heterocycles. The number of hydrogen-bond donors (Lipinski definition) is 0. The molecular weight excluding hydrogens is 256 g/mol. The summed E-state index contributed by atoms with van der Waals surface area (Å²) in [5, 5.41) is 0. The second kappa shape index (κ2) is 4.38. The largest absolute Gasteiger partial charge is 0.244 e. The van der Waals surface area contributed by atoms with Crippen molar-refractivity contribution in [1.82, 2.24) is 9.97 Å². The number of aromatic nitrogens is 2. The number of allylic oxidation sites excluding steroid dienone is 1. The van der Waals surface area contributed by atoms with Gasteiger partial charge < -0.3 is 0 Å². The van der Waals surface area contributed by atoms with Crippen molar-refractivity contribution in [2.24, 2.45) is 0 Å². The molecule has 1 heterocycles. The summed E-state index contributed by atoms with van der Waals surface area (Å²) in [5.41, 5.74) is 8.43. The van der Waals surface area contributed by atoms with Crippen molar-refractivity contribution in [2.75, 3.05) is 0 Å². The second-order valence-electron chi connectivity index (χ2n) is 5.09. The number of rotatable bonds is 1. The van der Waals surface area contributed by atoms with Crippen molar-refractivity contribution in [3.63, 3.8) is 0 Å². The molecule has 0 N–H and O–H groups in total. The van der Waals surface area contributed by atoms with Gasteiger partial charge in [-0.1, -0.05) is 49.1 Å². The average Bonchev–Trinajstić information content (AvgIpc) is 2.85. The highest BCUT2D eigenvalue weighted by atomic mass is 14.8. The molecule has 0 unspecified atom stereocenters. The number of benzene rings is 2. The van der Waals surface area contributed by atoms with Crippen LogP contribution in [-0.2, 0) is 0 Å². The van der Waals surface area contributed by atoms with Gasteiger partial charge in [0.25, 0.3) is 0 Å². The Morgan fingerprint density at radius 2 is 1.62 bits per heavy atom. The Bertz CT molecular complexity index is 920. The summed E-state index contributed by atoms with van der Waals surface area (Å²) in [6, 6.07) is 14.3. The first kappa shape index (κ1) is 12.0. The molecule has 21 heavy (non-hydrogen) atoms. The van der Waals surface area contributed by atoms with Gasteiger partial charge in [-0.05, 0) is 24.6 Å². The van der Waals surface area contributed by atoms with Crippen molar-refractivity contribution in [3.8, 4) is 11.3 Å². The molecule has 1 aliphatic carbocycles. The van der Waals surface area contributed by atoms with Gasteiger partial charge in [0.05, 0.1) is 22.4 Å². The summed E-state index contributed by atoms with van der Waals surface area (Å²) in [6.07, 6.45) is 4.01. The molecular formula is C19H14N2. The summed E-state index contributed by atoms with van der Waals surface area (Å²) in [6.45, 7) is 5.97. The van der Waals surface area contributed by atoms with Gasteiger partial charge in [0, 0.05) is 16.7 Å². The smallest absolute Gasteiger partial charge is 0.0979 e. The minimum atomic E-state index is 0.934. The Kier molecular flexibility index (Phi) is 2.51. The molecule has 0 fully saturated rings. The van der Waals surface area contributed by atoms with Crippen LogP contribution in [0.25, 0.3) is 33.9 Å². The normalized spacial score (nSPS) is 14.2. The molecule has 0 radical (unpaired) electrons. The molecule has 3 aromatic rings. The van der Waals surface area contributed by atoms with E-state index < -0.39 is 0 Å². The van der Waals surface area contributed by atoms with E-state index in [4.69, 9.17) is 9.97 Å². The number of fused-ring (bicyclic) bond motifs is 4. The van der Waals surface area contributed by atoms with Crippen LogP contribution in [0.2, 0.25) is 0 Å². The third-order valence-electron chi connectivity index (χ3n) is 3.96. The van der Waals surface area contributed by atoms with Gasteiger partial charge in [0.2, 0.25) is 0 Å². The van der Waals surface area contributed by atoms with E-state index in [1.54, 1.807) is 0 Å². The number of nitrogens with zero attached hydrogens (tertiary/aromatic N) is 2. The fraction of sp³-hybridized carbons (Fsp3) is 0.0526. The highest BCUT2D eigenvalue weighted by molar-refractivity contribution is 6.02. The van der Waals surface area contributed by atoms with Gasteiger partial charge in [-0.15, -0.1) is 0 Å². The molecule has 1 aromatic heterocycles. The first-order chi connectivity index (χ1) is 10.3. The first-order valence-electron chi connectivity index (χ1n) is 7.03. The lowest BCUT2D eigenvalue weighted by Gasteiger charge is -2.04. The van der Waals surface area contributed by atoms with E-state index in [0.29, 0.717) is 0 Å². The van der Waals surface area contributed by atoms with E-state index in [-0.39, 0.29) is 0 Å². The number of hydrogen-bond acceptors (Lipinski definition) is 2. The molecule has 0 spiro atoms. The van der Waals surface area contributed by atoms with Crippen LogP contribution in [0, 0.1) is 0 Å². The monoisotopic (exact) mass is 270 g/mol. The summed E-state index contributed by atoms with van der Waals surface area (Å²) < 4.78 is 0. The maximum absolute atomic E-state index is 4.83. The predicted octanol–water partition coefficient (Wildman–Crippen LogP) is 4.70. The standard InChI is InChI=1S/C19H14N2/c1-3-12-8-7-9-14-17(12)13(4-2)18-19(14)21-16-11-6-5-10-15(16)20-18/h3-11H,1H2,2H3/b13-4+. The zero-order valence-corrected chi connectivity index (χ0v) is 11.8. The van der Waals surface area contributed by atoms with Gasteiger partial charge in [0.1, 0.15) is 0 Å². The average molecular weight is 270 g/mol. The van der Waals surface area contributed by atoms with Gasteiger partial charge >= 0.3 is 0 Å². The van der Waals surface area contributed by atoms with E-state index in [1.807, 2.05) is 37.3 Å². The van der Waals surface area contributed by atoms with Gasteiger partial charge in [-0.2, -0.15) is 0 Å². The molecule has 0 atom stereocenters. The minimum absolute atomic E-state index is 0.934. The molecule has 0 amide bonds. The van der Waals surface area contributed by atoms with Crippen molar-refractivity contribution >= 4 is 22.7 Å². The molecule has 2 nitrogen and oxygen atoms in total. The topological polar surface area (TPSA) is 25.8 Å². The van der Waals surface area contributed by atoms with E-state index in [1.165, 1.54) is 5.56 Å². The molecule has 100 valence electrons. The zero-order valence-electron chi connectivity index (χ0n) is 11.8. The molecule has 2 aromatic carbocycles. The maximum atomic E-state index is 4.83. The second-order valence-corrected chi connectivity index (χ2v) is 5.09. The van der Waals surface area contributed by atoms with E-state index >= 15 is 0 Å². The SMILES string of the molecule is C=Cc1cccc2c1/C(=C\C)c1nc3ccccc3nc1-2. The Morgan fingerprint density at radius 3 is 2.29 bits per heavy atom. The third kappa shape index (κ3) is 1.59. The van der Waals surface area contributed by atoms with Crippen LogP contribution in [0.3, 0.4) is 0 Å². The Labute approximate surface area is 123 Å². The van der Waals surface area contributed by atoms with Crippen molar-refractivity contribution in [1.29, 1.82) is 0 Å². The molecule has 4 rings (SSSR count). The zero-order chi connectivity index (χ0) is 14.4. The van der Waals surface area contributed by atoms with Crippen molar-refractivity contribution in [2.45, 2.75) is 6.92 Å². The highest BCUT2D eigenvalue weighted by Crippen LogP contribution is 2.44. The third-order valence-corrected chi connectivity index (χ3v) is 3.96. The molecule has 0 saturated carbocycles. The van der Waals surface area contributed by atoms with Gasteiger partial charge in [-0.3, -0.25) is 0 Å². The van der Waals surface area contributed by atoms with Gasteiger partial charge in [-0.25, -0.2) is 9.97 Å².